The summed E-state index contributed by atoms with van der Waals surface area (Å²) < 4.78 is 5.39. The molecule has 0 spiro atoms. The summed E-state index contributed by atoms with van der Waals surface area (Å²) in [5.41, 5.74) is 5.88. The number of nitrogens with zero attached hydrogens (tertiary/aromatic N) is 4. The van der Waals surface area contributed by atoms with Gasteiger partial charge in [0.05, 0.1) is 16.9 Å². The molecule has 1 amide bonds. The lowest BCUT2D eigenvalue weighted by Gasteiger charge is -2.36. The van der Waals surface area contributed by atoms with Crippen LogP contribution in [0, 0.1) is 6.92 Å². The first kappa shape index (κ1) is 20.3. The molecule has 3 aromatic rings. The number of piperidine rings is 1. The third kappa shape index (κ3) is 4.79. The minimum Gasteiger partial charge on any atom is -0.443 e. The summed E-state index contributed by atoms with van der Waals surface area (Å²) in [5, 5.41) is 1.89. The number of thiazole rings is 1. The lowest BCUT2D eigenvalue weighted by Crippen LogP contribution is -2.46. The van der Waals surface area contributed by atoms with Gasteiger partial charge in [-0.05, 0) is 38.0 Å². The molecule has 3 heterocycles. The van der Waals surface area contributed by atoms with Crippen molar-refractivity contribution in [3.8, 4) is 11.3 Å². The average molecular weight is 423 g/mol. The Hall–Kier alpha value is -2.93. The van der Waals surface area contributed by atoms with Gasteiger partial charge in [0.2, 0.25) is 0 Å². The topological polar surface area (TPSA) is 58.6 Å². The maximum atomic E-state index is 12.4. The van der Waals surface area contributed by atoms with E-state index in [2.05, 4.69) is 59.3 Å². The zero-order chi connectivity index (χ0) is 20.9. The van der Waals surface area contributed by atoms with Crippen LogP contribution in [0.3, 0.4) is 0 Å². The Kier molecular flexibility index (Phi) is 6.28. The molecule has 6 nitrogen and oxygen atoms in total. The molecule has 0 radical (unpaired) electrons. The summed E-state index contributed by atoms with van der Waals surface area (Å²) in [5.74, 6) is 0.987. The predicted molar refractivity (Wildman–Crippen MR) is 120 cm³/mol. The van der Waals surface area contributed by atoms with Gasteiger partial charge in [-0.25, -0.2) is 14.8 Å². The summed E-state index contributed by atoms with van der Waals surface area (Å²) >= 11 is 1.50. The van der Waals surface area contributed by atoms with Crippen molar-refractivity contribution in [3.63, 3.8) is 0 Å². The van der Waals surface area contributed by atoms with Crippen molar-refractivity contribution in [2.45, 2.75) is 32.4 Å². The number of hydrogen-bond donors (Lipinski definition) is 0. The number of aromatic nitrogens is 2. The van der Waals surface area contributed by atoms with Gasteiger partial charge in [0.25, 0.3) is 0 Å². The Balaban J connectivity index is 1.34. The molecule has 1 saturated heterocycles. The van der Waals surface area contributed by atoms with Gasteiger partial charge in [0.15, 0.2) is 0 Å². The molecule has 4 rings (SSSR count). The molecule has 156 valence electrons. The molecule has 30 heavy (non-hydrogen) atoms. The number of aryl methyl sites for hydroxylation is 1. The molecule has 0 N–H and O–H groups in total. The van der Waals surface area contributed by atoms with Gasteiger partial charge in [0, 0.05) is 37.1 Å². The number of pyridine rings is 1. The van der Waals surface area contributed by atoms with Gasteiger partial charge in [-0.15, -0.1) is 11.3 Å². The summed E-state index contributed by atoms with van der Waals surface area (Å²) in [7, 11) is 1.82. The van der Waals surface area contributed by atoms with Crippen LogP contribution >= 0.6 is 11.3 Å². The fourth-order valence-electron chi connectivity index (χ4n) is 3.74. The molecule has 1 aliphatic rings. The highest BCUT2D eigenvalue weighted by Crippen LogP contribution is 2.25. The van der Waals surface area contributed by atoms with Crippen LogP contribution in [0.4, 0.5) is 10.6 Å². The van der Waals surface area contributed by atoms with E-state index in [1.54, 1.807) is 10.4 Å². The van der Waals surface area contributed by atoms with E-state index in [-0.39, 0.29) is 18.7 Å². The molecule has 0 saturated carbocycles. The van der Waals surface area contributed by atoms with Crippen molar-refractivity contribution in [1.82, 2.24) is 14.9 Å². The van der Waals surface area contributed by atoms with Gasteiger partial charge < -0.3 is 14.5 Å². The van der Waals surface area contributed by atoms with E-state index in [0.717, 1.165) is 48.7 Å². The molecule has 7 heteroatoms. The molecule has 0 aliphatic carbocycles. The van der Waals surface area contributed by atoms with Crippen LogP contribution in [0.5, 0.6) is 0 Å². The second kappa shape index (κ2) is 9.26. The molecule has 1 aliphatic heterocycles. The van der Waals surface area contributed by atoms with Gasteiger partial charge in [-0.1, -0.05) is 29.8 Å². The summed E-state index contributed by atoms with van der Waals surface area (Å²) in [6, 6.07) is 14.8. The Morgan fingerprint density at radius 1 is 1.23 bits per heavy atom. The molecule has 2 aromatic heterocycles. The quantitative estimate of drug-likeness (QED) is 0.594. The van der Waals surface area contributed by atoms with E-state index in [4.69, 9.17) is 9.72 Å². The van der Waals surface area contributed by atoms with Crippen molar-refractivity contribution >= 4 is 23.2 Å². The largest absolute Gasteiger partial charge is 0.443 e. The highest BCUT2D eigenvalue weighted by molar-refractivity contribution is 7.07. The number of benzene rings is 1. The van der Waals surface area contributed by atoms with Crippen LogP contribution in [0.2, 0.25) is 0 Å². The first-order valence-electron chi connectivity index (χ1n) is 10.2. The van der Waals surface area contributed by atoms with Crippen LogP contribution in [-0.2, 0) is 11.3 Å². The predicted octanol–water partition coefficient (Wildman–Crippen LogP) is 4.75. The molecule has 1 fully saturated rings. The second-order valence-electron chi connectivity index (χ2n) is 7.61. The second-order valence-corrected chi connectivity index (χ2v) is 8.33. The maximum absolute atomic E-state index is 12.4. The highest BCUT2D eigenvalue weighted by atomic mass is 32.1. The van der Waals surface area contributed by atoms with Crippen LogP contribution < -0.4 is 4.90 Å². The van der Waals surface area contributed by atoms with Crippen LogP contribution in [0.25, 0.3) is 11.3 Å². The van der Waals surface area contributed by atoms with Crippen LogP contribution in [0.15, 0.2) is 53.4 Å². The molecule has 1 aromatic carbocycles. The summed E-state index contributed by atoms with van der Waals surface area (Å²) in [6.45, 7) is 4.04. The van der Waals surface area contributed by atoms with E-state index < -0.39 is 0 Å². The average Bonchev–Trinajstić information content (AvgIpc) is 3.31. The number of hydrogen-bond acceptors (Lipinski definition) is 6. The normalized spacial score (nSPS) is 14.5. The van der Waals surface area contributed by atoms with Crippen LogP contribution in [-0.4, -0.2) is 47.1 Å². The number of amides is 1. The van der Waals surface area contributed by atoms with E-state index in [9.17, 15) is 4.79 Å². The van der Waals surface area contributed by atoms with E-state index in [0.29, 0.717) is 0 Å². The summed E-state index contributed by atoms with van der Waals surface area (Å²) in [4.78, 5) is 25.4. The highest BCUT2D eigenvalue weighted by Gasteiger charge is 2.27. The molecular formula is C23H26N4O2S. The standard InChI is InChI=1S/C23H26N4O2S/c1-17-5-3-6-18(13-17)21-7-4-8-22(25-21)27-11-9-20(10-12-27)26(2)23(28)29-14-19-15-30-16-24-19/h3-8,13,15-16,20H,9-12,14H2,1-2H3. The monoisotopic (exact) mass is 422 g/mol. The third-order valence-corrected chi connectivity index (χ3v) is 6.13. The van der Waals surface area contributed by atoms with Gasteiger partial charge in [-0.2, -0.15) is 0 Å². The molecular weight excluding hydrogens is 396 g/mol. The lowest BCUT2D eigenvalue weighted by molar-refractivity contribution is 0.0854. The zero-order valence-corrected chi connectivity index (χ0v) is 18.1. The molecule has 0 unspecified atom stereocenters. The Bertz CT molecular complexity index is 984. The van der Waals surface area contributed by atoms with Gasteiger partial charge >= 0.3 is 6.09 Å². The fourth-order valence-corrected chi connectivity index (χ4v) is 4.29. The first-order valence-corrected chi connectivity index (χ1v) is 11.1. The lowest BCUT2D eigenvalue weighted by atomic mass is 10.0. The van der Waals surface area contributed by atoms with Crippen molar-refractivity contribution < 1.29 is 9.53 Å². The van der Waals surface area contributed by atoms with E-state index in [1.807, 2.05) is 12.4 Å². The van der Waals surface area contributed by atoms with Gasteiger partial charge in [-0.3, -0.25) is 0 Å². The summed E-state index contributed by atoms with van der Waals surface area (Å²) in [6.07, 6.45) is 1.48. The number of carbonyl (C=O) groups excluding carboxylic acids is 1. The van der Waals surface area contributed by atoms with Gasteiger partial charge in [0.1, 0.15) is 12.4 Å². The van der Waals surface area contributed by atoms with E-state index >= 15 is 0 Å². The Labute approximate surface area is 181 Å². The minimum absolute atomic E-state index is 0.170. The first-order chi connectivity index (χ1) is 14.6. The fraction of sp³-hybridized carbons (Fsp3) is 0.348. The van der Waals surface area contributed by atoms with E-state index in [1.165, 1.54) is 16.9 Å². The molecule has 0 atom stereocenters. The Morgan fingerprint density at radius 3 is 2.77 bits per heavy atom. The number of ether oxygens (including phenoxy) is 1. The zero-order valence-electron chi connectivity index (χ0n) is 17.3. The van der Waals surface area contributed by atoms with Crippen molar-refractivity contribution in [3.05, 3.63) is 64.6 Å². The van der Waals surface area contributed by atoms with Crippen molar-refractivity contribution in [1.29, 1.82) is 0 Å². The minimum atomic E-state index is -0.291. The number of carbonyl (C=O) groups is 1. The molecule has 0 bridgehead atoms. The smallest absolute Gasteiger partial charge is 0.410 e. The Morgan fingerprint density at radius 2 is 2.03 bits per heavy atom. The van der Waals surface area contributed by atoms with Crippen LogP contribution in [0.1, 0.15) is 24.1 Å². The third-order valence-electron chi connectivity index (χ3n) is 5.50. The van der Waals surface area contributed by atoms with Crippen molar-refractivity contribution in [2.24, 2.45) is 0 Å². The number of rotatable bonds is 5. The SMILES string of the molecule is Cc1cccc(-c2cccc(N3CCC(N(C)C(=O)OCc4cscn4)CC3)n2)c1. The van der Waals surface area contributed by atoms with Crippen molar-refractivity contribution in [2.75, 3.05) is 25.0 Å². The maximum Gasteiger partial charge on any atom is 0.410 e. The number of anilines is 1.